The molecule has 2 heteroatoms. The van der Waals surface area contributed by atoms with Crippen LogP contribution in [0.2, 0.25) is 0 Å². The largest absolute Gasteiger partial charge is 0.488 e. The van der Waals surface area contributed by atoms with Gasteiger partial charge in [0.1, 0.15) is 12.4 Å². The molecule has 0 aliphatic heterocycles. The van der Waals surface area contributed by atoms with E-state index in [1.807, 2.05) is 18.2 Å². The van der Waals surface area contributed by atoms with E-state index >= 15 is 0 Å². The average molecular weight is 322 g/mol. The van der Waals surface area contributed by atoms with E-state index in [9.17, 15) is 0 Å². The summed E-state index contributed by atoms with van der Waals surface area (Å²) < 4.78 is 6.22. The summed E-state index contributed by atoms with van der Waals surface area (Å²) in [5.41, 5.74) is 8.97. The Labute approximate surface area is 142 Å². The molecule has 23 heavy (non-hydrogen) atoms. The van der Waals surface area contributed by atoms with Crippen LogP contribution < -0.4 is 4.74 Å². The lowest BCUT2D eigenvalue weighted by molar-refractivity contribution is 0.307. The second-order valence-electron chi connectivity index (χ2n) is 6.06. The fraction of sp³-hybridized carbons (Fsp3) is 0.238. The lowest BCUT2D eigenvalue weighted by Crippen LogP contribution is -2.01. The van der Waals surface area contributed by atoms with Crippen LogP contribution in [-0.4, -0.2) is 0 Å². The molecule has 1 aromatic heterocycles. The summed E-state index contributed by atoms with van der Waals surface area (Å²) in [6.45, 7) is 9.31. The Balaban J connectivity index is 2.03. The van der Waals surface area contributed by atoms with Crippen molar-refractivity contribution in [2.24, 2.45) is 0 Å². The number of aryl methyl sites for hydroxylation is 2. The lowest BCUT2D eigenvalue weighted by Gasteiger charge is -2.18. The highest BCUT2D eigenvalue weighted by Crippen LogP contribution is 2.39. The van der Waals surface area contributed by atoms with Gasteiger partial charge in [-0.15, -0.1) is 0 Å². The standard InChI is InChI=1S/C21H22OS/c1-14-10-20(22-11-18-8-6-5-7-9-18)21(17(4)16(14)3)19-13-23-12-15(19)2/h5-10,12-13H,11H2,1-4H3. The van der Waals surface area contributed by atoms with Crippen LogP contribution in [0.1, 0.15) is 27.8 Å². The molecule has 2 aromatic carbocycles. The van der Waals surface area contributed by atoms with Crippen molar-refractivity contribution in [1.82, 2.24) is 0 Å². The van der Waals surface area contributed by atoms with E-state index in [1.165, 1.54) is 38.9 Å². The van der Waals surface area contributed by atoms with Gasteiger partial charge in [0.2, 0.25) is 0 Å². The Bertz CT molecular complexity index is 815. The topological polar surface area (TPSA) is 9.23 Å². The van der Waals surface area contributed by atoms with Crippen molar-refractivity contribution in [3.8, 4) is 16.9 Å². The number of thiophene rings is 1. The molecule has 0 saturated heterocycles. The third-order valence-corrected chi connectivity index (χ3v) is 5.35. The molecule has 3 rings (SSSR count). The molecule has 0 amide bonds. The van der Waals surface area contributed by atoms with Crippen LogP contribution in [0.5, 0.6) is 5.75 Å². The first-order valence-electron chi connectivity index (χ1n) is 7.88. The highest BCUT2D eigenvalue weighted by molar-refractivity contribution is 7.08. The van der Waals surface area contributed by atoms with Gasteiger partial charge in [-0.25, -0.2) is 0 Å². The van der Waals surface area contributed by atoms with Gasteiger partial charge in [-0.05, 0) is 77.9 Å². The SMILES string of the molecule is Cc1cscc1-c1c(OCc2ccccc2)cc(C)c(C)c1C. The van der Waals surface area contributed by atoms with E-state index in [0.717, 1.165) is 5.75 Å². The van der Waals surface area contributed by atoms with Gasteiger partial charge in [0, 0.05) is 5.56 Å². The van der Waals surface area contributed by atoms with Crippen LogP contribution in [0.3, 0.4) is 0 Å². The maximum Gasteiger partial charge on any atom is 0.128 e. The summed E-state index contributed by atoms with van der Waals surface area (Å²) in [6.07, 6.45) is 0. The minimum atomic E-state index is 0.596. The maximum absolute atomic E-state index is 6.22. The maximum atomic E-state index is 6.22. The van der Waals surface area contributed by atoms with Crippen LogP contribution >= 0.6 is 11.3 Å². The number of hydrogen-bond acceptors (Lipinski definition) is 2. The zero-order valence-corrected chi connectivity index (χ0v) is 15.0. The third-order valence-electron chi connectivity index (χ3n) is 4.49. The Hall–Kier alpha value is -2.06. The lowest BCUT2D eigenvalue weighted by atomic mass is 9.93. The van der Waals surface area contributed by atoms with Crippen molar-refractivity contribution in [3.05, 3.63) is 75.0 Å². The molecule has 0 aliphatic carbocycles. The molecule has 0 unspecified atom stereocenters. The predicted molar refractivity (Wildman–Crippen MR) is 99.5 cm³/mol. The molecule has 0 N–H and O–H groups in total. The quantitative estimate of drug-likeness (QED) is 0.553. The smallest absolute Gasteiger partial charge is 0.128 e. The van der Waals surface area contributed by atoms with Crippen LogP contribution in [-0.2, 0) is 6.61 Å². The molecule has 0 saturated carbocycles. The van der Waals surface area contributed by atoms with E-state index in [-0.39, 0.29) is 0 Å². The van der Waals surface area contributed by atoms with Crippen molar-refractivity contribution in [2.45, 2.75) is 34.3 Å². The van der Waals surface area contributed by atoms with Crippen LogP contribution in [0.15, 0.2) is 47.2 Å². The fourth-order valence-corrected chi connectivity index (χ4v) is 3.68. The first-order valence-corrected chi connectivity index (χ1v) is 8.83. The van der Waals surface area contributed by atoms with E-state index in [4.69, 9.17) is 4.74 Å². The van der Waals surface area contributed by atoms with Gasteiger partial charge >= 0.3 is 0 Å². The molecule has 0 aliphatic rings. The molecule has 0 spiro atoms. The monoisotopic (exact) mass is 322 g/mol. The first-order chi connectivity index (χ1) is 11.1. The molecule has 0 radical (unpaired) electrons. The minimum Gasteiger partial charge on any atom is -0.488 e. The highest BCUT2D eigenvalue weighted by atomic mass is 32.1. The molecule has 0 bridgehead atoms. The molecule has 1 nitrogen and oxygen atoms in total. The van der Waals surface area contributed by atoms with Crippen molar-refractivity contribution in [2.75, 3.05) is 0 Å². The van der Waals surface area contributed by atoms with Gasteiger partial charge in [0.15, 0.2) is 0 Å². The van der Waals surface area contributed by atoms with Gasteiger partial charge in [0.05, 0.1) is 0 Å². The molecule has 1 heterocycles. The second-order valence-corrected chi connectivity index (χ2v) is 6.80. The minimum absolute atomic E-state index is 0.596. The first kappa shape index (κ1) is 15.8. The Morgan fingerprint density at radius 1 is 0.870 bits per heavy atom. The van der Waals surface area contributed by atoms with Crippen LogP contribution in [0, 0.1) is 27.7 Å². The van der Waals surface area contributed by atoms with E-state index in [0.29, 0.717) is 6.61 Å². The number of ether oxygens (including phenoxy) is 1. The van der Waals surface area contributed by atoms with Gasteiger partial charge in [-0.3, -0.25) is 0 Å². The zero-order valence-electron chi connectivity index (χ0n) is 14.1. The van der Waals surface area contributed by atoms with Gasteiger partial charge in [0.25, 0.3) is 0 Å². The molecule has 0 atom stereocenters. The molecule has 3 aromatic rings. The predicted octanol–water partition coefficient (Wildman–Crippen LogP) is 6.23. The molecule has 118 valence electrons. The third kappa shape index (κ3) is 3.18. The summed E-state index contributed by atoms with van der Waals surface area (Å²) in [4.78, 5) is 0. The number of benzene rings is 2. The average Bonchev–Trinajstić information content (AvgIpc) is 2.97. The number of hydrogen-bond donors (Lipinski definition) is 0. The fourth-order valence-electron chi connectivity index (χ4n) is 2.85. The summed E-state index contributed by atoms with van der Waals surface area (Å²) in [5, 5.41) is 4.42. The van der Waals surface area contributed by atoms with Crippen molar-refractivity contribution in [3.63, 3.8) is 0 Å². The molecular formula is C21H22OS. The van der Waals surface area contributed by atoms with E-state index < -0.39 is 0 Å². The van der Waals surface area contributed by atoms with Crippen molar-refractivity contribution >= 4 is 11.3 Å². The van der Waals surface area contributed by atoms with Crippen molar-refractivity contribution in [1.29, 1.82) is 0 Å². The van der Waals surface area contributed by atoms with E-state index in [1.54, 1.807) is 11.3 Å². The molecular weight excluding hydrogens is 300 g/mol. The number of rotatable bonds is 4. The summed E-state index contributed by atoms with van der Waals surface area (Å²) in [5.74, 6) is 0.982. The summed E-state index contributed by atoms with van der Waals surface area (Å²) in [7, 11) is 0. The summed E-state index contributed by atoms with van der Waals surface area (Å²) >= 11 is 1.75. The van der Waals surface area contributed by atoms with Gasteiger partial charge in [-0.1, -0.05) is 30.3 Å². The van der Waals surface area contributed by atoms with Crippen molar-refractivity contribution < 1.29 is 4.74 Å². The summed E-state index contributed by atoms with van der Waals surface area (Å²) in [6, 6.07) is 12.5. The van der Waals surface area contributed by atoms with E-state index in [2.05, 4.69) is 56.7 Å². The highest BCUT2D eigenvalue weighted by Gasteiger charge is 2.16. The van der Waals surface area contributed by atoms with Crippen LogP contribution in [0.4, 0.5) is 0 Å². The second kappa shape index (κ2) is 6.59. The normalized spacial score (nSPS) is 10.8. The van der Waals surface area contributed by atoms with Gasteiger partial charge in [-0.2, -0.15) is 11.3 Å². The zero-order chi connectivity index (χ0) is 16.4. The van der Waals surface area contributed by atoms with Gasteiger partial charge < -0.3 is 4.74 Å². The Morgan fingerprint density at radius 3 is 2.26 bits per heavy atom. The van der Waals surface area contributed by atoms with Crippen LogP contribution in [0.25, 0.3) is 11.1 Å². The Morgan fingerprint density at radius 2 is 1.61 bits per heavy atom. The molecule has 0 fully saturated rings. The Kier molecular flexibility index (Phi) is 4.53.